The second-order valence-corrected chi connectivity index (χ2v) is 5.57. The number of fused-ring (bicyclic) bond motifs is 3. The van der Waals surface area contributed by atoms with Gasteiger partial charge in [0.1, 0.15) is 11.2 Å². The third kappa shape index (κ3) is 1.77. The third-order valence-corrected chi connectivity index (χ3v) is 3.62. The Bertz CT molecular complexity index is 695. The molecule has 0 atom stereocenters. The van der Waals surface area contributed by atoms with E-state index in [-0.39, 0.29) is 0 Å². The van der Waals surface area contributed by atoms with E-state index in [1.807, 2.05) is 12.1 Å². The largest absolute Gasteiger partial charge is 0.456 e. The van der Waals surface area contributed by atoms with Gasteiger partial charge in [0.2, 0.25) is 0 Å². The Morgan fingerprint density at radius 1 is 0.941 bits per heavy atom. The van der Waals surface area contributed by atoms with E-state index in [1.54, 1.807) is 0 Å². The van der Waals surface area contributed by atoms with Crippen molar-refractivity contribution in [3.8, 4) is 0 Å². The molecule has 0 fully saturated rings. The zero-order valence-corrected chi connectivity index (χ0v) is 11.4. The minimum atomic E-state index is 0.538. The van der Waals surface area contributed by atoms with Crippen molar-refractivity contribution in [2.75, 3.05) is 0 Å². The van der Waals surface area contributed by atoms with Gasteiger partial charge in [-0.1, -0.05) is 35.8 Å². The van der Waals surface area contributed by atoms with Crippen molar-refractivity contribution in [1.82, 2.24) is 0 Å². The van der Waals surface area contributed by atoms with Crippen LogP contribution in [0.5, 0.6) is 0 Å². The summed E-state index contributed by atoms with van der Waals surface area (Å²) in [6, 6.07) is 12.6. The Hall–Kier alpha value is -1.28. The fourth-order valence-corrected chi connectivity index (χ4v) is 2.49. The molecule has 0 saturated heterocycles. The van der Waals surface area contributed by atoms with Crippen LogP contribution in [0.15, 0.2) is 45.3 Å². The second-order valence-electron chi connectivity index (χ2n) is 4.65. The maximum Gasteiger partial charge on any atom is 0.135 e. The number of furan rings is 1. The quantitative estimate of drug-likeness (QED) is 0.578. The van der Waals surface area contributed by atoms with Crippen molar-refractivity contribution in [3.05, 3.63) is 46.4 Å². The predicted molar refractivity (Wildman–Crippen MR) is 75.5 cm³/mol. The summed E-state index contributed by atoms with van der Waals surface area (Å²) in [7, 11) is 0. The summed E-state index contributed by atoms with van der Waals surface area (Å²) in [5.41, 5.74) is 3.26. The molecule has 2 aromatic carbocycles. The van der Waals surface area contributed by atoms with Crippen molar-refractivity contribution < 1.29 is 4.42 Å². The van der Waals surface area contributed by atoms with Gasteiger partial charge in [0.15, 0.2) is 0 Å². The van der Waals surface area contributed by atoms with E-state index < -0.39 is 0 Å². The summed E-state index contributed by atoms with van der Waals surface area (Å²) >= 11 is 3.51. The first kappa shape index (κ1) is 10.8. The molecule has 1 nitrogen and oxygen atoms in total. The summed E-state index contributed by atoms with van der Waals surface area (Å²) in [4.78, 5) is 0. The molecule has 0 saturated carbocycles. The van der Waals surface area contributed by atoms with Crippen LogP contribution in [0.25, 0.3) is 21.9 Å². The van der Waals surface area contributed by atoms with Crippen LogP contribution in [0, 0.1) is 0 Å². The molecular formula is C15H13BrO. The van der Waals surface area contributed by atoms with E-state index in [0.717, 1.165) is 15.6 Å². The van der Waals surface area contributed by atoms with Crippen LogP contribution < -0.4 is 0 Å². The van der Waals surface area contributed by atoms with Gasteiger partial charge in [-0.15, -0.1) is 0 Å². The zero-order valence-electron chi connectivity index (χ0n) is 9.83. The van der Waals surface area contributed by atoms with E-state index in [9.17, 15) is 0 Å². The lowest BCUT2D eigenvalue weighted by atomic mass is 10.0. The van der Waals surface area contributed by atoms with Crippen molar-refractivity contribution in [1.29, 1.82) is 0 Å². The van der Waals surface area contributed by atoms with Gasteiger partial charge in [0, 0.05) is 15.2 Å². The highest BCUT2D eigenvalue weighted by Gasteiger charge is 2.09. The number of rotatable bonds is 1. The molecule has 1 heterocycles. The lowest BCUT2D eigenvalue weighted by Gasteiger charge is -2.03. The van der Waals surface area contributed by atoms with Gasteiger partial charge < -0.3 is 4.42 Å². The highest BCUT2D eigenvalue weighted by Crippen LogP contribution is 2.32. The number of benzene rings is 2. The van der Waals surface area contributed by atoms with E-state index in [0.29, 0.717) is 5.92 Å². The molecule has 0 bridgehead atoms. The average molecular weight is 289 g/mol. The maximum absolute atomic E-state index is 5.82. The van der Waals surface area contributed by atoms with Gasteiger partial charge in [0.05, 0.1) is 0 Å². The van der Waals surface area contributed by atoms with Crippen molar-refractivity contribution in [3.63, 3.8) is 0 Å². The summed E-state index contributed by atoms with van der Waals surface area (Å²) < 4.78 is 6.91. The van der Waals surface area contributed by atoms with Crippen molar-refractivity contribution >= 4 is 37.9 Å². The molecule has 17 heavy (non-hydrogen) atoms. The zero-order chi connectivity index (χ0) is 12.0. The van der Waals surface area contributed by atoms with Gasteiger partial charge in [-0.05, 0) is 41.8 Å². The van der Waals surface area contributed by atoms with Gasteiger partial charge in [-0.3, -0.25) is 0 Å². The molecule has 0 aliphatic rings. The standard InChI is InChI=1S/C15H13BrO/c1-9(2)10-3-5-14-12(7-10)13-8-11(16)4-6-15(13)17-14/h3-9H,1-2H3. The van der Waals surface area contributed by atoms with Gasteiger partial charge in [-0.2, -0.15) is 0 Å². The fourth-order valence-electron chi connectivity index (χ4n) is 2.13. The molecule has 2 heteroatoms. The summed E-state index contributed by atoms with van der Waals surface area (Å²) in [5.74, 6) is 0.538. The number of halogens is 1. The predicted octanol–water partition coefficient (Wildman–Crippen LogP) is 5.47. The molecule has 3 aromatic rings. The van der Waals surface area contributed by atoms with Gasteiger partial charge >= 0.3 is 0 Å². The minimum absolute atomic E-state index is 0.538. The molecule has 0 radical (unpaired) electrons. The first-order valence-electron chi connectivity index (χ1n) is 5.77. The molecule has 0 aliphatic heterocycles. The molecule has 0 N–H and O–H groups in total. The normalized spacial score (nSPS) is 11.8. The van der Waals surface area contributed by atoms with E-state index in [1.165, 1.54) is 16.3 Å². The SMILES string of the molecule is CC(C)c1ccc2oc3ccc(Br)cc3c2c1. The number of hydrogen-bond donors (Lipinski definition) is 0. The second kappa shape index (κ2) is 3.88. The van der Waals surface area contributed by atoms with E-state index >= 15 is 0 Å². The molecule has 0 spiro atoms. The first-order valence-corrected chi connectivity index (χ1v) is 6.56. The summed E-state index contributed by atoms with van der Waals surface area (Å²) in [5, 5.41) is 2.38. The molecular weight excluding hydrogens is 276 g/mol. The molecule has 0 amide bonds. The Labute approximate surface area is 109 Å². The van der Waals surface area contributed by atoms with Crippen LogP contribution in [0.1, 0.15) is 25.3 Å². The Kier molecular flexibility index (Phi) is 2.48. The molecule has 0 unspecified atom stereocenters. The highest BCUT2D eigenvalue weighted by atomic mass is 79.9. The fraction of sp³-hybridized carbons (Fsp3) is 0.200. The monoisotopic (exact) mass is 288 g/mol. The molecule has 86 valence electrons. The molecule has 0 aliphatic carbocycles. The van der Waals surface area contributed by atoms with Gasteiger partial charge in [-0.25, -0.2) is 0 Å². The first-order chi connectivity index (χ1) is 8.15. The van der Waals surface area contributed by atoms with Crippen LogP contribution in [0.2, 0.25) is 0 Å². The van der Waals surface area contributed by atoms with Crippen LogP contribution >= 0.6 is 15.9 Å². The summed E-state index contributed by atoms with van der Waals surface area (Å²) in [6.07, 6.45) is 0. The smallest absolute Gasteiger partial charge is 0.135 e. The van der Waals surface area contributed by atoms with Crippen LogP contribution in [0.4, 0.5) is 0 Å². The Balaban J connectivity index is 2.39. The minimum Gasteiger partial charge on any atom is -0.456 e. The maximum atomic E-state index is 5.82. The van der Waals surface area contributed by atoms with Crippen LogP contribution in [0.3, 0.4) is 0 Å². The number of hydrogen-bond acceptors (Lipinski definition) is 1. The van der Waals surface area contributed by atoms with E-state index in [2.05, 4.69) is 54.0 Å². The van der Waals surface area contributed by atoms with Crippen LogP contribution in [-0.2, 0) is 0 Å². The topological polar surface area (TPSA) is 13.1 Å². The molecule has 1 aromatic heterocycles. The van der Waals surface area contributed by atoms with Crippen molar-refractivity contribution in [2.45, 2.75) is 19.8 Å². The molecule has 3 rings (SSSR count). The summed E-state index contributed by atoms with van der Waals surface area (Å²) in [6.45, 7) is 4.42. The average Bonchev–Trinajstić information content (AvgIpc) is 2.66. The lowest BCUT2D eigenvalue weighted by molar-refractivity contribution is 0.668. The highest BCUT2D eigenvalue weighted by molar-refractivity contribution is 9.10. The van der Waals surface area contributed by atoms with Crippen molar-refractivity contribution in [2.24, 2.45) is 0 Å². The van der Waals surface area contributed by atoms with Gasteiger partial charge in [0.25, 0.3) is 0 Å². The van der Waals surface area contributed by atoms with E-state index in [4.69, 9.17) is 4.42 Å². The van der Waals surface area contributed by atoms with Crippen LogP contribution in [-0.4, -0.2) is 0 Å². The Morgan fingerprint density at radius 3 is 2.29 bits per heavy atom. The lowest BCUT2D eigenvalue weighted by Crippen LogP contribution is -1.85. The third-order valence-electron chi connectivity index (χ3n) is 3.12. The Morgan fingerprint density at radius 2 is 1.59 bits per heavy atom.